The Morgan fingerprint density at radius 3 is 2.03 bits per heavy atom. The zero-order valence-electron chi connectivity index (χ0n) is 18.7. The maximum absolute atomic E-state index is 12.8. The molecular weight excluding hydrogens is 442 g/mol. The van der Waals surface area contributed by atoms with E-state index in [9.17, 15) is 14.9 Å². The zero-order valence-corrected chi connectivity index (χ0v) is 18.7. The second-order valence-electron chi connectivity index (χ2n) is 7.57. The molecular formula is C29H21NO5. The van der Waals surface area contributed by atoms with E-state index < -0.39 is 10.9 Å². The molecule has 0 N–H and O–H groups in total. The number of non-ortho nitro benzene ring substituents is 1. The molecule has 0 radical (unpaired) electrons. The number of nitro benzene ring substituents is 1. The second-order valence-corrected chi connectivity index (χ2v) is 7.57. The van der Waals surface area contributed by atoms with Crippen molar-refractivity contribution >= 4 is 11.7 Å². The van der Waals surface area contributed by atoms with Crippen molar-refractivity contribution < 1.29 is 19.2 Å². The fourth-order valence-corrected chi connectivity index (χ4v) is 3.29. The Balaban J connectivity index is 1.59. The van der Waals surface area contributed by atoms with Crippen LogP contribution in [0.15, 0.2) is 103 Å². The molecule has 0 aliphatic carbocycles. The maximum Gasteiger partial charge on any atom is 0.339 e. The van der Waals surface area contributed by atoms with Crippen LogP contribution in [-0.2, 0) is 18.0 Å². The van der Waals surface area contributed by atoms with Gasteiger partial charge in [-0.05, 0) is 29.3 Å². The molecule has 0 saturated carbocycles. The molecule has 0 aliphatic heterocycles. The van der Waals surface area contributed by atoms with Crippen LogP contribution < -0.4 is 4.74 Å². The van der Waals surface area contributed by atoms with Gasteiger partial charge in [0, 0.05) is 17.7 Å². The van der Waals surface area contributed by atoms with E-state index in [1.54, 1.807) is 12.1 Å². The monoisotopic (exact) mass is 463 g/mol. The molecule has 0 heterocycles. The highest BCUT2D eigenvalue weighted by Crippen LogP contribution is 2.21. The first kappa shape index (κ1) is 23.3. The molecule has 172 valence electrons. The van der Waals surface area contributed by atoms with Gasteiger partial charge in [-0.15, -0.1) is 0 Å². The molecule has 4 aromatic rings. The van der Waals surface area contributed by atoms with Gasteiger partial charge in [-0.2, -0.15) is 0 Å². The Labute approximate surface area is 202 Å². The number of carbonyl (C=O) groups excluding carboxylic acids is 1. The second kappa shape index (κ2) is 11.3. The Morgan fingerprint density at radius 1 is 0.743 bits per heavy atom. The lowest BCUT2D eigenvalue weighted by Gasteiger charge is -2.08. The predicted molar refractivity (Wildman–Crippen MR) is 132 cm³/mol. The molecule has 0 fully saturated rings. The van der Waals surface area contributed by atoms with E-state index in [2.05, 4.69) is 11.8 Å². The molecule has 0 unspecified atom stereocenters. The third kappa shape index (κ3) is 6.34. The van der Waals surface area contributed by atoms with Gasteiger partial charge in [0.2, 0.25) is 0 Å². The molecule has 0 amide bonds. The number of nitro groups is 1. The molecule has 0 saturated heterocycles. The van der Waals surface area contributed by atoms with Gasteiger partial charge in [0.25, 0.3) is 5.69 Å². The number of carbonyl (C=O) groups is 1. The van der Waals surface area contributed by atoms with Crippen LogP contribution in [-0.4, -0.2) is 10.9 Å². The van der Waals surface area contributed by atoms with Gasteiger partial charge < -0.3 is 9.47 Å². The van der Waals surface area contributed by atoms with Crippen molar-refractivity contribution in [1.82, 2.24) is 0 Å². The number of para-hydroxylation sites is 1. The molecule has 0 aliphatic rings. The minimum absolute atomic E-state index is 0.0830. The quantitative estimate of drug-likeness (QED) is 0.147. The van der Waals surface area contributed by atoms with Crippen molar-refractivity contribution in [1.29, 1.82) is 0 Å². The summed E-state index contributed by atoms with van der Waals surface area (Å²) in [4.78, 5) is 23.6. The Kier molecular flexibility index (Phi) is 7.52. The third-order valence-corrected chi connectivity index (χ3v) is 5.10. The summed E-state index contributed by atoms with van der Waals surface area (Å²) in [5, 5.41) is 11.3. The molecule has 0 atom stereocenters. The number of ether oxygens (including phenoxy) is 2. The van der Waals surface area contributed by atoms with Crippen LogP contribution >= 0.6 is 0 Å². The van der Waals surface area contributed by atoms with Gasteiger partial charge in [-0.3, -0.25) is 10.1 Å². The molecule has 6 nitrogen and oxygen atoms in total. The summed E-state index contributed by atoms with van der Waals surface area (Å²) in [6.07, 6.45) is 0. The number of rotatable bonds is 7. The van der Waals surface area contributed by atoms with E-state index in [4.69, 9.17) is 9.47 Å². The number of esters is 1. The van der Waals surface area contributed by atoms with E-state index in [0.717, 1.165) is 11.1 Å². The normalized spacial score (nSPS) is 10.1. The largest absolute Gasteiger partial charge is 0.488 e. The van der Waals surface area contributed by atoms with E-state index >= 15 is 0 Å². The van der Waals surface area contributed by atoms with Crippen molar-refractivity contribution in [3.8, 4) is 17.6 Å². The minimum atomic E-state index is -0.610. The summed E-state index contributed by atoms with van der Waals surface area (Å²) >= 11 is 0. The average molecular weight is 463 g/mol. The lowest BCUT2D eigenvalue weighted by molar-refractivity contribution is -0.384. The number of hydrogen-bond donors (Lipinski definition) is 0. The summed E-state index contributed by atoms with van der Waals surface area (Å²) in [5.41, 5.74) is 2.63. The number of hydrogen-bond acceptors (Lipinski definition) is 5. The van der Waals surface area contributed by atoms with Gasteiger partial charge >= 0.3 is 5.97 Å². The maximum atomic E-state index is 12.8. The zero-order chi connectivity index (χ0) is 24.5. The SMILES string of the molecule is O=C(OCc1ccccc1)c1ccc([N+](=O)[O-])cc1C#Cc1ccccc1OCc1ccccc1. The van der Waals surface area contributed by atoms with Crippen LogP contribution in [0.25, 0.3) is 0 Å². The summed E-state index contributed by atoms with van der Waals surface area (Å²) in [6, 6.07) is 30.2. The lowest BCUT2D eigenvalue weighted by atomic mass is 10.1. The third-order valence-electron chi connectivity index (χ3n) is 5.10. The van der Waals surface area contributed by atoms with Crippen LogP contribution in [0.5, 0.6) is 5.75 Å². The first-order valence-electron chi connectivity index (χ1n) is 10.9. The van der Waals surface area contributed by atoms with Crippen molar-refractivity contribution in [2.75, 3.05) is 0 Å². The minimum Gasteiger partial charge on any atom is -0.488 e. The summed E-state index contributed by atoms with van der Waals surface area (Å²) in [5.74, 6) is 5.87. The topological polar surface area (TPSA) is 78.7 Å². The van der Waals surface area contributed by atoms with Crippen LogP contribution in [0.1, 0.15) is 32.6 Å². The van der Waals surface area contributed by atoms with Crippen molar-refractivity contribution in [2.24, 2.45) is 0 Å². The fraction of sp³-hybridized carbons (Fsp3) is 0.0690. The highest BCUT2D eigenvalue weighted by atomic mass is 16.6. The standard InChI is InChI=1S/C29H21NO5/c31-29(35-21-23-11-5-2-6-12-23)27-18-17-26(30(32)33)19-25(27)16-15-24-13-7-8-14-28(24)34-20-22-9-3-1-4-10-22/h1-14,17-19H,20-21H2. The van der Waals surface area contributed by atoms with Gasteiger partial charge in [-0.25, -0.2) is 4.79 Å². The average Bonchev–Trinajstić information content (AvgIpc) is 2.90. The van der Waals surface area contributed by atoms with E-state index in [-0.39, 0.29) is 23.4 Å². The first-order chi connectivity index (χ1) is 17.1. The van der Waals surface area contributed by atoms with E-state index in [1.807, 2.05) is 72.8 Å². The molecule has 4 aromatic carbocycles. The number of benzene rings is 4. The summed E-state index contributed by atoms with van der Waals surface area (Å²) in [7, 11) is 0. The lowest BCUT2D eigenvalue weighted by Crippen LogP contribution is -2.08. The molecule has 6 heteroatoms. The van der Waals surface area contributed by atoms with Crippen molar-refractivity contribution in [2.45, 2.75) is 13.2 Å². The van der Waals surface area contributed by atoms with Crippen LogP contribution in [0.2, 0.25) is 0 Å². The molecule has 4 rings (SSSR count). The smallest absolute Gasteiger partial charge is 0.339 e. The Hall–Kier alpha value is -4.89. The molecule has 0 spiro atoms. The van der Waals surface area contributed by atoms with Crippen LogP contribution in [0, 0.1) is 22.0 Å². The predicted octanol–water partition coefficient (Wildman–Crippen LogP) is 5.93. The van der Waals surface area contributed by atoms with E-state index in [0.29, 0.717) is 17.9 Å². The van der Waals surface area contributed by atoms with E-state index in [1.165, 1.54) is 18.2 Å². The van der Waals surface area contributed by atoms with Crippen molar-refractivity contribution in [3.63, 3.8) is 0 Å². The van der Waals surface area contributed by atoms with Crippen LogP contribution in [0.4, 0.5) is 5.69 Å². The Bertz CT molecular complexity index is 1390. The van der Waals surface area contributed by atoms with Crippen LogP contribution in [0.3, 0.4) is 0 Å². The number of nitrogens with zero attached hydrogens (tertiary/aromatic N) is 1. The Morgan fingerprint density at radius 2 is 1.34 bits per heavy atom. The van der Waals surface area contributed by atoms with Gasteiger partial charge in [0.1, 0.15) is 19.0 Å². The highest BCUT2D eigenvalue weighted by molar-refractivity contribution is 5.93. The summed E-state index contributed by atoms with van der Waals surface area (Å²) in [6.45, 7) is 0.451. The molecule has 0 aromatic heterocycles. The fourth-order valence-electron chi connectivity index (χ4n) is 3.29. The first-order valence-corrected chi connectivity index (χ1v) is 10.9. The van der Waals surface area contributed by atoms with Gasteiger partial charge in [-0.1, -0.05) is 84.6 Å². The van der Waals surface area contributed by atoms with Gasteiger partial charge in [0.15, 0.2) is 0 Å². The van der Waals surface area contributed by atoms with Gasteiger partial charge in [0.05, 0.1) is 16.1 Å². The summed E-state index contributed by atoms with van der Waals surface area (Å²) < 4.78 is 11.4. The molecule has 35 heavy (non-hydrogen) atoms. The van der Waals surface area contributed by atoms with Crippen molar-refractivity contribution in [3.05, 3.63) is 141 Å². The highest BCUT2D eigenvalue weighted by Gasteiger charge is 2.16. The molecule has 0 bridgehead atoms.